The lowest BCUT2D eigenvalue weighted by Gasteiger charge is -2.33. The fourth-order valence-electron chi connectivity index (χ4n) is 4.12. The number of rotatable bonds is 12. The van der Waals surface area contributed by atoms with Crippen molar-refractivity contribution in [3.05, 3.63) is 94.5 Å². The maximum atomic E-state index is 13.9. The lowest BCUT2D eigenvalue weighted by atomic mass is 10.1. The Kier molecular flexibility index (Phi) is 10.6. The van der Waals surface area contributed by atoms with Gasteiger partial charge in [0.1, 0.15) is 12.6 Å². The van der Waals surface area contributed by atoms with Crippen LogP contribution in [-0.4, -0.2) is 50.8 Å². The summed E-state index contributed by atoms with van der Waals surface area (Å²) >= 11 is 12.4. The van der Waals surface area contributed by atoms with Gasteiger partial charge in [-0.1, -0.05) is 78.7 Å². The smallest absolute Gasteiger partial charge is 0.264 e. The highest BCUT2D eigenvalue weighted by Crippen LogP contribution is 2.30. The molecule has 0 saturated carbocycles. The second-order valence-corrected chi connectivity index (χ2v) is 11.3. The van der Waals surface area contributed by atoms with E-state index < -0.39 is 28.5 Å². The van der Waals surface area contributed by atoms with Crippen LogP contribution in [0.4, 0.5) is 5.69 Å². The number of hydrogen-bond acceptors (Lipinski definition) is 4. The van der Waals surface area contributed by atoms with Crippen molar-refractivity contribution in [1.29, 1.82) is 0 Å². The molecule has 1 N–H and O–H groups in total. The molecule has 0 aliphatic carbocycles. The highest BCUT2D eigenvalue weighted by atomic mass is 35.5. The lowest BCUT2D eigenvalue weighted by Crippen LogP contribution is -2.53. The molecule has 0 radical (unpaired) electrons. The number of nitrogens with zero attached hydrogens (tertiary/aromatic N) is 2. The van der Waals surface area contributed by atoms with Gasteiger partial charge >= 0.3 is 0 Å². The molecular weight excluding hydrogens is 545 g/mol. The van der Waals surface area contributed by atoms with Crippen molar-refractivity contribution in [2.75, 3.05) is 23.9 Å². The maximum absolute atomic E-state index is 13.9. The molecule has 202 valence electrons. The Morgan fingerprint density at radius 2 is 1.47 bits per heavy atom. The molecular formula is C28H31Cl2N3O4S. The van der Waals surface area contributed by atoms with Crippen molar-refractivity contribution in [2.45, 2.75) is 37.6 Å². The number of carbonyl (C=O) groups is 2. The van der Waals surface area contributed by atoms with Crippen LogP contribution in [-0.2, 0) is 26.0 Å². The van der Waals surface area contributed by atoms with Crippen molar-refractivity contribution >= 4 is 50.7 Å². The molecule has 2 amide bonds. The molecule has 0 aliphatic heterocycles. The molecule has 38 heavy (non-hydrogen) atoms. The first-order valence-electron chi connectivity index (χ1n) is 12.3. The fraction of sp³-hybridized carbons (Fsp3) is 0.286. The normalized spacial score (nSPS) is 12.0. The quantitative estimate of drug-likeness (QED) is 0.322. The second-order valence-electron chi connectivity index (χ2n) is 8.59. The van der Waals surface area contributed by atoms with Crippen LogP contribution in [0.25, 0.3) is 0 Å². The average molecular weight is 577 g/mol. The van der Waals surface area contributed by atoms with Gasteiger partial charge in [0, 0.05) is 23.1 Å². The van der Waals surface area contributed by atoms with E-state index in [2.05, 4.69) is 5.32 Å². The summed E-state index contributed by atoms with van der Waals surface area (Å²) in [5.74, 6) is -0.811. The van der Waals surface area contributed by atoms with Gasteiger partial charge < -0.3 is 10.2 Å². The minimum absolute atomic E-state index is 0.00972. The Hall–Kier alpha value is -3.07. The monoisotopic (exact) mass is 575 g/mol. The molecule has 0 heterocycles. The molecule has 1 atom stereocenters. The number of nitrogens with one attached hydrogen (secondary N) is 1. The summed E-state index contributed by atoms with van der Waals surface area (Å²) in [5.41, 5.74) is 1.14. The molecule has 0 aliphatic rings. The number of benzene rings is 3. The fourth-order valence-corrected chi connectivity index (χ4v) is 6.05. The minimum atomic E-state index is -4.18. The summed E-state index contributed by atoms with van der Waals surface area (Å²) < 4.78 is 28.5. The summed E-state index contributed by atoms with van der Waals surface area (Å²) in [4.78, 5) is 28.3. The van der Waals surface area contributed by atoms with Crippen LogP contribution in [0.3, 0.4) is 0 Å². The number of sulfonamides is 1. The standard InChI is InChI=1S/C28H31Cl2N3O4S/c1-3-26(28(35)31-4-2)32(16-15-21-11-7-5-8-12-21)27(34)20-33(24-18-22(29)17-23(30)19-24)38(36,37)25-13-9-6-10-14-25/h5-14,17-19,26H,3-4,15-16,20H2,1-2H3,(H,31,35)/t26-/m0/s1. The van der Waals surface area contributed by atoms with Crippen LogP contribution in [0, 0.1) is 0 Å². The molecule has 7 nitrogen and oxygen atoms in total. The third kappa shape index (κ3) is 7.49. The van der Waals surface area contributed by atoms with Crippen LogP contribution >= 0.6 is 23.2 Å². The number of amides is 2. The average Bonchev–Trinajstić information content (AvgIpc) is 2.90. The molecule has 3 rings (SSSR count). The van der Waals surface area contributed by atoms with Crippen LogP contribution in [0.2, 0.25) is 10.0 Å². The number of likely N-dealkylation sites (N-methyl/N-ethyl adjacent to an activating group) is 1. The van der Waals surface area contributed by atoms with E-state index in [1.165, 1.54) is 35.2 Å². The Balaban J connectivity index is 2.02. The van der Waals surface area contributed by atoms with Crippen molar-refractivity contribution in [3.63, 3.8) is 0 Å². The molecule has 3 aromatic carbocycles. The summed E-state index contributed by atoms with van der Waals surface area (Å²) in [7, 11) is -4.18. The van der Waals surface area contributed by atoms with Crippen LogP contribution in [0.1, 0.15) is 25.8 Å². The minimum Gasteiger partial charge on any atom is -0.355 e. The SMILES string of the molecule is CCNC(=O)[C@H](CC)N(CCc1ccccc1)C(=O)CN(c1cc(Cl)cc(Cl)c1)S(=O)(=O)c1ccccc1. The Morgan fingerprint density at radius 1 is 0.895 bits per heavy atom. The molecule has 0 spiro atoms. The first kappa shape index (κ1) is 29.5. The van der Waals surface area contributed by atoms with Gasteiger partial charge in [-0.3, -0.25) is 13.9 Å². The summed E-state index contributed by atoms with van der Waals surface area (Å²) in [5, 5.41) is 3.24. The van der Waals surface area contributed by atoms with Gasteiger partial charge in [0.15, 0.2) is 0 Å². The third-order valence-corrected chi connectivity index (χ3v) is 8.19. The van der Waals surface area contributed by atoms with Crippen LogP contribution in [0.5, 0.6) is 0 Å². The second kappa shape index (κ2) is 13.6. The van der Waals surface area contributed by atoms with Gasteiger partial charge in [0.25, 0.3) is 10.0 Å². The topological polar surface area (TPSA) is 86.8 Å². The van der Waals surface area contributed by atoms with E-state index in [1.807, 2.05) is 37.3 Å². The van der Waals surface area contributed by atoms with Crippen molar-refractivity contribution in [2.24, 2.45) is 0 Å². The van der Waals surface area contributed by atoms with E-state index >= 15 is 0 Å². The van der Waals surface area contributed by atoms with Gasteiger partial charge in [-0.2, -0.15) is 0 Å². The van der Waals surface area contributed by atoms with Crippen molar-refractivity contribution < 1.29 is 18.0 Å². The zero-order valence-corrected chi connectivity index (χ0v) is 23.6. The van der Waals surface area contributed by atoms with E-state index in [9.17, 15) is 18.0 Å². The van der Waals surface area contributed by atoms with E-state index in [0.29, 0.717) is 19.4 Å². The van der Waals surface area contributed by atoms with Gasteiger partial charge in [0.2, 0.25) is 11.8 Å². The Bertz CT molecular complexity index is 1320. The third-order valence-electron chi connectivity index (χ3n) is 5.97. The van der Waals surface area contributed by atoms with Crippen molar-refractivity contribution in [1.82, 2.24) is 10.2 Å². The van der Waals surface area contributed by atoms with E-state index in [-0.39, 0.29) is 33.1 Å². The highest BCUT2D eigenvalue weighted by Gasteiger charge is 2.33. The molecule has 0 saturated heterocycles. The molecule has 0 unspecified atom stereocenters. The molecule has 0 aromatic heterocycles. The van der Waals surface area contributed by atoms with Gasteiger partial charge in [-0.15, -0.1) is 0 Å². The molecule has 3 aromatic rings. The first-order chi connectivity index (χ1) is 18.2. The zero-order valence-electron chi connectivity index (χ0n) is 21.3. The molecule has 0 bridgehead atoms. The van der Waals surface area contributed by atoms with Crippen molar-refractivity contribution in [3.8, 4) is 0 Å². The number of halogens is 2. The Labute approximate surface area is 234 Å². The first-order valence-corrected chi connectivity index (χ1v) is 14.5. The summed E-state index contributed by atoms with van der Waals surface area (Å²) in [6.45, 7) is 3.72. The van der Waals surface area contributed by atoms with E-state index in [0.717, 1.165) is 9.87 Å². The number of anilines is 1. The number of carbonyl (C=O) groups excluding carboxylic acids is 2. The van der Waals surface area contributed by atoms with Gasteiger partial charge in [-0.25, -0.2) is 8.42 Å². The van der Waals surface area contributed by atoms with Crippen LogP contribution in [0.15, 0.2) is 83.8 Å². The number of hydrogen-bond donors (Lipinski definition) is 1. The lowest BCUT2D eigenvalue weighted by molar-refractivity contribution is -0.139. The van der Waals surface area contributed by atoms with E-state index in [1.54, 1.807) is 25.1 Å². The van der Waals surface area contributed by atoms with Gasteiger partial charge in [0.05, 0.1) is 10.6 Å². The maximum Gasteiger partial charge on any atom is 0.264 e. The largest absolute Gasteiger partial charge is 0.355 e. The molecule has 0 fully saturated rings. The zero-order chi connectivity index (χ0) is 27.7. The van der Waals surface area contributed by atoms with Gasteiger partial charge in [-0.05, 0) is 55.7 Å². The highest BCUT2D eigenvalue weighted by molar-refractivity contribution is 7.92. The summed E-state index contributed by atoms with van der Waals surface area (Å²) in [6, 6.07) is 21.0. The predicted octanol–water partition coefficient (Wildman–Crippen LogP) is 5.17. The van der Waals surface area contributed by atoms with E-state index in [4.69, 9.17) is 23.2 Å². The summed E-state index contributed by atoms with van der Waals surface area (Å²) in [6.07, 6.45) is 0.859. The molecule has 10 heteroatoms. The predicted molar refractivity (Wildman–Crippen MR) is 152 cm³/mol. The Morgan fingerprint density at radius 3 is 2.03 bits per heavy atom. The van der Waals surface area contributed by atoms with Crippen LogP contribution < -0.4 is 9.62 Å².